The highest BCUT2D eigenvalue weighted by Crippen LogP contribution is 2.30. The van der Waals surface area contributed by atoms with Gasteiger partial charge < -0.3 is 15.0 Å². The number of rotatable bonds is 15. The monoisotopic (exact) mass is 583 g/mol. The minimum Gasteiger partial charge on any atom is -0.492 e. The summed E-state index contributed by atoms with van der Waals surface area (Å²) in [6.45, 7) is 4.53. The minimum atomic E-state index is -3.68. The first-order valence-electron chi connectivity index (χ1n) is 13.7. The first kappa shape index (κ1) is 31.6. The van der Waals surface area contributed by atoms with Crippen molar-refractivity contribution >= 4 is 27.5 Å². The lowest BCUT2D eigenvalue weighted by Crippen LogP contribution is -2.50. The molecule has 0 aromatic heterocycles. The number of para-hydroxylation sites is 2. The lowest BCUT2D eigenvalue weighted by Gasteiger charge is -2.32. The minimum absolute atomic E-state index is 0.00525. The van der Waals surface area contributed by atoms with E-state index in [4.69, 9.17) is 4.74 Å². The third-order valence-electron chi connectivity index (χ3n) is 6.47. The Morgan fingerprint density at radius 2 is 1.59 bits per heavy atom. The molecule has 0 aliphatic heterocycles. The highest BCUT2D eigenvalue weighted by molar-refractivity contribution is 7.92. The van der Waals surface area contributed by atoms with E-state index in [0.29, 0.717) is 30.2 Å². The smallest absolute Gasteiger partial charge is 0.243 e. The first-order chi connectivity index (χ1) is 19.6. The van der Waals surface area contributed by atoms with Gasteiger partial charge in [0, 0.05) is 32.5 Å². The van der Waals surface area contributed by atoms with Crippen molar-refractivity contribution in [1.29, 1.82) is 0 Å². The number of nitrogens with one attached hydrogen (secondary N) is 1. The zero-order chi connectivity index (χ0) is 29.8. The Morgan fingerprint density at radius 3 is 2.22 bits per heavy atom. The van der Waals surface area contributed by atoms with Gasteiger partial charge in [0.15, 0.2) is 0 Å². The fraction of sp³-hybridized carbons (Fsp3) is 0.355. The van der Waals surface area contributed by atoms with Crippen LogP contribution in [0.25, 0.3) is 0 Å². The van der Waals surface area contributed by atoms with E-state index in [-0.39, 0.29) is 44.2 Å². The molecule has 1 N–H and O–H groups in total. The fourth-order valence-electron chi connectivity index (χ4n) is 4.56. The van der Waals surface area contributed by atoms with E-state index in [2.05, 4.69) is 5.32 Å². The molecule has 41 heavy (non-hydrogen) atoms. The molecule has 10 heteroatoms. The van der Waals surface area contributed by atoms with Crippen LogP contribution in [-0.4, -0.2) is 57.1 Å². The van der Waals surface area contributed by atoms with Crippen molar-refractivity contribution in [2.45, 2.75) is 45.7 Å². The third kappa shape index (κ3) is 9.31. The molecule has 0 bridgehead atoms. The van der Waals surface area contributed by atoms with Crippen LogP contribution in [0.5, 0.6) is 5.75 Å². The van der Waals surface area contributed by atoms with Gasteiger partial charge in [-0.15, -0.1) is 0 Å². The molecule has 0 aliphatic rings. The maximum absolute atomic E-state index is 13.8. The summed E-state index contributed by atoms with van der Waals surface area (Å²) in [4.78, 5) is 28.5. The van der Waals surface area contributed by atoms with E-state index >= 15 is 0 Å². The number of carbonyl (C=O) groups is 2. The number of benzene rings is 3. The van der Waals surface area contributed by atoms with Crippen LogP contribution in [0.15, 0.2) is 78.9 Å². The Balaban J connectivity index is 1.87. The average molecular weight is 584 g/mol. The lowest BCUT2D eigenvalue weighted by atomic mass is 10.0. The highest BCUT2D eigenvalue weighted by atomic mass is 32.2. The molecule has 0 heterocycles. The largest absolute Gasteiger partial charge is 0.492 e. The molecule has 220 valence electrons. The average Bonchev–Trinajstić information content (AvgIpc) is 2.94. The van der Waals surface area contributed by atoms with Gasteiger partial charge in [0.2, 0.25) is 21.8 Å². The molecule has 0 radical (unpaired) electrons. The van der Waals surface area contributed by atoms with Crippen LogP contribution in [0, 0.1) is 5.82 Å². The van der Waals surface area contributed by atoms with E-state index in [1.54, 1.807) is 36.4 Å². The number of sulfonamides is 1. The van der Waals surface area contributed by atoms with Gasteiger partial charge >= 0.3 is 0 Å². The molecule has 3 aromatic rings. The second kappa shape index (κ2) is 15.2. The number of amides is 2. The summed E-state index contributed by atoms with van der Waals surface area (Å²) < 4.78 is 45.9. The maximum atomic E-state index is 13.8. The van der Waals surface area contributed by atoms with E-state index in [1.807, 2.05) is 44.2 Å². The zero-order valence-electron chi connectivity index (χ0n) is 23.8. The number of nitrogens with zero attached hydrogens (tertiary/aromatic N) is 2. The van der Waals surface area contributed by atoms with Gasteiger partial charge in [-0.25, -0.2) is 12.8 Å². The Hall–Kier alpha value is -3.92. The van der Waals surface area contributed by atoms with Crippen LogP contribution >= 0.6 is 0 Å². The van der Waals surface area contributed by atoms with Gasteiger partial charge in [-0.2, -0.15) is 0 Å². The molecule has 0 fully saturated rings. The van der Waals surface area contributed by atoms with E-state index in [1.165, 1.54) is 21.3 Å². The quantitative estimate of drug-likeness (QED) is 0.283. The van der Waals surface area contributed by atoms with Crippen LogP contribution in [0.2, 0.25) is 0 Å². The number of carbonyl (C=O) groups excluding carboxylic acids is 2. The predicted octanol–water partition coefficient (Wildman–Crippen LogP) is 4.55. The first-order valence-corrected chi connectivity index (χ1v) is 15.5. The summed E-state index contributed by atoms with van der Waals surface area (Å²) in [7, 11) is -3.68. The molecule has 0 aliphatic carbocycles. The molecule has 3 aromatic carbocycles. The van der Waals surface area contributed by atoms with Gasteiger partial charge in [0.1, 0.15) is 17.6 Å². The second-order valence-electron chi connectivity index (χ2n) is 9.59. The number of ether oxygens (including phenoxy) is 1. The molecular weight excluding hydrogens is 545 g/mol. The Kier molecular flexibility index (Phi) is 11.7. The van der Waals surface area contributed by atoms with E-state index in [0.717, 1.165) is 11.8 Å². The number of likely N-dealkylation sites (N-methyl/N-ethyl adjacent to an activating group) is 1. The Morgan fingerprint density at radius 1 is 0.927 bits per heavy atom. The normalized spacial score (nSPS) is 11.9. The molecule has 1 atom stereocenters. The lowest BCUT2D eigenvalue weighted by molar-refractivity contribution is -0.141. The van der Waals surface area contributed by atoms with Crippen LogP contribution in [0.3, 0.4) is 0 Å². The standard InChI is InChI=1S/C31H38FN3O5S/c1-4-33-31(37)28(22-24-12-7-6-8-13-24)34(23-25-17-19-26(32)20-18-25)30(36)16-11-21-35(41(3,38)39)27-14-9-10-15-29(27)40-5-2/h6-10,12-15,17-20,28H,4-5,11,16,21-23H2,1-3H3,(H,33,37). The molecule has 0 saturated heterocycles. The summed E-state index contributed by atoms with van der Waals surface area (Å²) in [5.41, 5.74) is 1.96. The van der Waals surface area contributed by atoms with Crippen molar-refractivity contribution in [3.05, 3.63) is 95.8 Å². The van der Waals surface area contributed by atoms with Crippen molar-refractivity contribution < 1.29 is 27.1 Å². The number of hydrogen-bond donors (Lipinski definition) is 1. The van der Waals surface area contributed by atoms with Crippen LogP contribution in [0.1, 0.15) is 37.8 Å². The van der Waals surface area contributed by atoms with Crippen molar-refractivity contribution in [2.24, 2.45) is 0 Å². The summed E-state index contributed by atoms with van der Waals surface area (Å²) in [6, 6.07) is 21.3. The van der Waals surface area contributed by atoms with Gasteiger partial charge in [-0.3, -0.25) is 13.9 Å². The fourth-order valence-corrected chi connectivity index (χ4v) is 5.52. The molecule has 0 spiro atoms. The number of anilines is 1. The second-order valence-corrected chi connectivity index (χ2v) is 11.5. The van der Waals surface area contributed by atoms with Gasteiger partial charge in [-0.05, 0) is 55.7 Å². The summed E-state index contributed by atoms with van der Waals surface area (Å²) in [5.74, 6) is -0.573. The zero-order valence-corrected chi connectivity index (χ0v) is 24.6. The third-order valence-corrected chi connectivity index (χ3v) is 7.65. The van der Waals surface area contributed by atoms with Gasteiger partial charge in [0.25, 0.3) is 0 Å². The summed E-state index contributed by atoms with van der Waals surface area (Å²) in [6.07, 6.45) is 1.61. The summed E-state index contributed by atoms with van der Waals surface area (Å²) in [5, 5.41) is 2.84. The number of halogens is 1. The highest BCUT2D eigenvalue weighted by Gasteiger charge is 2.30. The van der Waals surface area contributed by atoms with Crippen LogP contribution < -0.4 is 14.4 Å². The van der Waals surface area contributed by atoms with E-state index in [9.17, 15) is 22.4 Å². The van der Waals surface area contributed by atoms with Gasteiger partial charge in [-0.1, -0.05) is 54.6 Å². The Bertz CT molecular complexity index is 1380. The predicted molar refractivity (Wildman–Crippen MR) is 159 cm³/mol. The Labute approximate surface area is 242 Å². The van der Waals surface area contributed by atoms with Gasteiger partial charge in [0.05, 0.1) is 18.6 Å². The van der Waals surface area contributed by atoms with Crippen LogP contribution in [0.4, 0.5) is 10.1 Å². The van der Waals surface area contributed by atoms with Crippen molar-refractivity contribution in [3.8, 4) is 5.75 Å². The number of hydrogen-bond acceptors (Lipinski definition) is 5. The van der Waals surface area contributed by atoms with Crippen molar-refractivity contribution in [3.63, 3.8) is 0 Å². The molecular formula is C31H38FN3O5S. The topological polar surface area (TPSA) is 96.0 Å². The molecule has 8 nitrogen and oxygen atoms in total. The maximum Gasteiger partial charge on any atom is 0.243 e. The van der Waals surface area contributed by atoms with E-state index < -0.39 is 21.9 Å². The molecule has 1 unspecified atom stereocenters. The molecule has 0 saturated carbocycles. The van der Waals surface area contributed by atoms with Crippen LogP contribution in [-0.2, 0) is 32.6 Å². The summed E-state index contributed by atoms with van der Waals surface area (Å²) >= 11 is 0. The van der Waals surface area contributed by atoms with Crippen molar-refractivity contribution in [2.75, 3.05) is 30.3 Å². The molecule has 3 rings (SSSR count). The molecule has 2 amide bonds. The van der Waals surface area contributed by atoms with Crippen molar-refractivity contribution in [1.82, 2.24) is 10.2 Å². The SMILES string of the molecule is CCNC(=O)C(Cc1ccccc1)N(Cc1ccc(F)cc1)C(=O)CCCN(c1ccccc1OCC)S(C)(=O)=O.